The molecule has 2 aromatic carbocycles. The van der Waals surface area contributed by atoms with Gasteiger partial charge in [0, 0.05) is 17.5 Å². The second-order valence-electron chi connectivity index (χ2n) is 6.37. The second kappa shape index (κ2) is 6.41. The Bertz CT molecular complexity index is 886. The average molecular weight is 352 g/mol. The molecule has 4 rings (SSSR count). The van der Waals surface area contributed by atoms with Crippen LogP contribution in [0, 0.1) is 5.82 Å². The zero-order valence-electron chi connectivity index (χ0n) is 13.5. The van der Waals surface area contributed by atoms with Gasteiger partial charge in [-0.2, -0.15) is 0 Å². The lowest BCUT2D eigenvalue weighted by Gasteiger charge is -2.16. The lowest BCUT2D eigenvalue weighted by Crippen LogP contribution is -2.31. The topological polar surface area (TPSA) is 42.0 Å². The molecule has 1 aliphatic rings. The Kier molecular flexibility index (Phi) is 4.09. The summed E-state index contributed by atoms with van der Waals surface area (Å²) in [7, 11) is 0. The van der Waals surface area contributed by atoms with Crippen LogP contribution in [0.4, 0.5) is 4.39 Å². The molecule has 0 saturated heterocycles. The standard InChI is InChI=1S/C20H17FN2OS/c21-16-8-6-15(7-9-16)20(10-11-20)13-23-18(24)17-12-22-19(25-17)14-4-2-1-3-5-14/h1-9,12H,10-11,13H2,(H,23,24). The van der Waals surface area contributed by atoms with E-state index in [0.717, 1.165) is 29.0 Å². The molecule has 1 saturated carbocycles. The molecule has 126 valence electrons. The molecule has 1 aliphatic carbocycles. The van der Waals surface area contributed by atoms with E-state index in [4.69, 9.17) is 0 Å². The first-order valence-electron chi connectivity index (χ1n) is 8.22. The fraction of sp³-hybridized carbons (Fsp3) is 0.200. The van der Waals surface area contributed by atoms with Gasteiger partial charge in [0.25, 0.3) is 5.91 Å². The fourth-order valence-electron chi connectivity index (χ4n) is 2.95. The summed E-state index contributed by atoms with van der Waals surface area (Å²) in [5.74, 6) is -0.338. The molecule has 1 heterocycles. The SMILES string of the molecule is O=C(NCC1(c2ccc(F)cc2)CC1)c1cnc(-c2ccccc2)s1. The van der Waals surface area contributed by atoms with Crippen molar-refractivity contribution >= 4 is 17.2 Å². The molecule has 1 aromatic heterocycles. The summed E-state index contributed by atoms with van der Waals surface area (Å²) in [6.07, 6.45) is 3.65. The monoisotopic (exact) mass is 352 g/mol. The van der Waals surface area contributed by atoms with Crippen LogP contribution in [0.15, 0.2) is 60.8 Å². The fourth-order valence-corrected chi connectivity index (χ4v) is 3.79. The van der Waals surface area contributed by atoms with Gasteiger partial charge in [-0.05, 0) is 30.5 Å². The molecule has 0 bridgehead atoms. The Balaban J connectivity index is 1.43. The summed E-state index contributed by atoms with van der Waals surface area (Å²) in [6, 6.07) is 16.4. The van der Waals surface area contributed by atoms with Gasteiger partial charge in [-0.3, -0.25) is 4.79 Å². The Hall–Kier alpha value is -2.53. The van der Waals surface area contributed by atoms with Crippen LogP contribution in [0.3, 0.4) is 0 Å². The zero-order chi connectivity index (χ0) is 17.3. The minimum Gasteiger partial charge on any atom is -0.350 e. The van der Waals surface area contributed by atoms with Gasteiger partial charge in [-0.1, -0.05) is 42.5 Å². The number of benzene rings is 2. The largest absolute Gasteiger partial charge is 0.350 e. The first-order chi connectivity index (χ1) is 12.2. The van der Waals surface area contributed by atoms with E-state index >= 15 is 0 Å². The van der Waals surface area contributed by atoms with Crippen molar-refractivity contribution in [1.82, 2.24) is 10.3 Å². The smallest absolute Gasteiger partial charge is 0.263 e. The minimum atomic E-state index is -0.235. The molecule has 1 amide bonds. The van der Waals surface area contributed by atoms with Crippen LogP contribution in [-0.2, 0) is 5.41 Å². The molecule has 1 N–H and O–H groups in total. The van der Waals surface area contributed by atoms with Crippen LogP contribution < -0.4 is 5.32 Å². The van der Waals surface area contributed by atoms with Crippen LogP contribution in [-0.4, -0.2) is 17.4 Å². The highest BCUT2D eigenvalue weighted by Crippen LogP contribution is 2.47. The highest BCUT2D eigenvalue weighted by Gasteiger charge is 2.44. The van der Waals surface area contributed by atoms with Gasteiger partial charge in [-0.15, -0.1) is 11.3 Å². The Morgan fingerprint density at radius 1 is 1.12 bits per heavy atom. The molecule has 0 atom stereocenters. The summed E-state index contributed by atoms with van der Waals surface area (Å²) >= 11 is 1.39. The van der Waals surface area contributed by atoms with E-state index in [1.54, 1.807) is 6.20 Å². The Morgan fingerprint density at radius 2 is 1.84 bits per heavy atom. The van der Waals surface area contributed by atoms with E-state index in [9.17, 15) is 9.18 Å². The van der Waals surface area contributed by atoms with Crippen molar-refractivity contribution in [3.05, 3.63) is 77.1 Å². The number of amides is 1. The quantitative estimate of drug-likeness (QED) is 0.739. The molecular weight excluding hydrogens is 335 g/mol. The maximum Gasteiger partial charge on any atom is 0.263 e. The number of carbonyl (C=O) groups is 1. The van der Waals surface area contributed by atoms with Gasteiger partial charge >= 0.3 is 0 Å². The van der Waals surface area contributed by atoms with E-state index in [1.165, 1.54) is 23.5 Å². The number of thiazole rings is 1. The molecule has 3 aromatic rings. The van der Waals surface area contributed by atoms with Gasteiger partial charge in [0.2, 0.25) is 0 Å². The first kappa shape index (κ1) is 16.0. The molecule has 1 fully saturated rings. The number of carbonyl (C=O) groups excluding carboxylic acids is 1. The van der Waals surface area contributed by atoms with Crippen molar-refractivity contribution < 1.29 is 9.18 Å². The maximum atomic E-state index is 13.1. The number of rotatable bonds is 5. The van der Waals surface area contributed by atoms with Crippen molar-refractivity contribution in [3.63, 3.8) is 0 Å². The molecule has 3 nitrogen and oxygen atoms in total. The number of hydrogen-bond acceptors (Lipinski definition) is 3. The highest BCUT2D eigenvalue weighted by atomic mass is 32.1. The summed E-state index contributed by atoms with van der Waals surface area (Å²) in [5, 5.41) is 3.86. The normalized spacial score (nSPS) is 14.9. The summed E-state index contributed by atoms with van der Waals surface area (Å²) < 4.78 is 13.1. The maximum absolute atomic E-state index is 13.1. The van der Waals surface area contributed by atoms with Crippen molar-refractivity contribution in [2.75, 3.05) is 6.54 Å². The zero-order valence-corrected chi connectivity index (χ0v) is 14.4. The number of aromatic nitrogens is 1. The van der Waals surface area contributed by atoms with Gasteiger partial charge in [0.1, 0.15) is 15.7 Å². The lowest BCUT2D eigenvalue weighted by molar-refractivity contribution is 0.0953. The summed E-state index contributed by atoms with van der Waals surface area (Å²) in [4.78, 5) is 17.4. The van der Waals surface area contributed by atoms with Crippen molar-refractivity contribution in [2.24, 2.45) is 0 Å². The molecule has 0 unspecified atom stereocenters. The van der Waals surface area contributed by atoms with Crippen LogP contribution in [0.2, 0.25) is 0 Å². The number of nitrogens with one attached hydrogen (secondary N) is 1. The molecular formula is C20H17FN2OS. The second-order valence-corrected chi connectivity index (χ2v) is 7.40. The van der Waals surface area contributed by atoms with Crippen LogP contribution >= 0.6 is 11.3 Å². The number of hydrogen-bond donors (Lipinski definition) is 1. The third-order valence-corrected chi connectivity index (χ3v) is 5.69. The third-order valence-electron chi connectivity index (χ3n) is 4.65. The number of halogens is 1. The Morgan fingerprint density at radius 3 is 2.52 bits per heavy atom. The predicted molar refractivity (Wildman–Crippen MR) is 97.2 cm³/mol. The molecule has 25 heavy (non-hydrogen) atoms. The van der Waals surface area contributed by atoms with Crippen LogP contribution in [0.1, 0.15) is 28.1 Å². The van der Waals surface area contributed by atoms with E-state index in [2.05, 4.69) is 10.3 Å². The summed E-state index contributed by atoms with van der Waals surface area (Å²) in [5.41, 5.74) is 2.05. The van der Waals surface area contributed by atoms with Gasteiger partial charge < -0.3 is 5.32 Å². The summed E-state index contributed by atoms with van der Waals surface area (Å²) in [6.45, 7) is 0.566. The van der Waals surface area contributed by atoms with E-state index < -0.39 is 0 Å². The Labute approximate surface area is 149 Å². The lowest BCUT2D eigenvalue weighted by atomic mass is 9.96. The van der Waals surface area contributed by atoms with E-state index in [1.807, 2.05) is 42.5 Å². The molecule has 0 aliphatic heterocycles. The van der Waals surface area contributed by atoms with Crippen molar-refractivity contribution in [1.29, 1.82) is 0 Å². The average Bonchev–Trinajstić information content (AvgIpc) is 3.27. The van der Waals surface area contributed by atoms with Crippen LogP contribution in [0.25, 0.3) is 10.6 Å². The molecule has 0 radical (unpaired) electrons. The van der Waals surface area contributed by atoms with Crippen molar-refractivity contribution in [3.8, 4) is 10.6 Å². The van der Waals surface area contributed by atoms with Crippen LogP contribution in [0.5, 0.6) is 0 Å². The predicted octanol–water partition coefficient (Wildman–Crippen LogP) is 4.41. The molecule has 5 heteroatoms. The van der Waals surface area contributed by atoms with Gasteiger partial charge in [0.15, 0.2) is 0 Å². The molecule has 0 spiro atoms. The minimum absolute atomic E-state index is 0.0453. The van der Waals surface area contributed by atoms with Crippen molar-refractivity contribution in [2.45, 2.75) is 18.3 Å². The van der Waals surface area contributed by atoms with E-state index in [0.29, 0.717) is 11.4 Å². The highest BCUT2D eigenvalue weighted by molar-refractivity contribution is 7.16. The van der Waals surface area contributed by atoms with Gasteiger partial charge in [-0.25, -0.2) is 9.37 Å². The first-order valence-corrected chi connectivity index (χ1v) is 9.03. The third kappa shape index (κ3) is 3.33. The van der Waals surface area contributed by atoms with E-state index in [-0.39, 0.29) is 17.1 Å². The number of nitrogens with zero attached hydrogens (tertiary/aromatic N) is 1. The van der Waals surface area contributed by atoms with Gasteiger partial charge in [0.05, 0.1) is 6.20 Å².